The summed E-state index contributed by atoms with van der Waals surface area (Å²) in [6.45, 7) is 0. The lowest BCUT2D eigenvalue weighted by atomic mass is 9.99. The maximum atomic E-state index is 6.51. The van der Waals surface area contributed by atoms with Gasteiger partial charge < -0.3 is 9.32 Å². The van der Waals surface area contributed by atoms with E-state index in [2.05, 4.69) is 174 Å². The maximum absolute atomic E-state index is 6.51. The summed E-state index contributed by atoms with van der Waals surface area (Å²) in [6.07, 6.45) is 3.75. The summed E-state index contributed by atoms with van der Waals surface area (Å²) in [5, 5.41) is 4.33. The van der Waals surface area contributed by atoms with Crippen LogP contribution in [0.25, 0.3) is 66.1 Å². The zero-order valence-corrected chi connectivity index (χ0v) is 26.1. The molecule has 0 saturated heterocycles. The van der Waals surface area contributed by atoms with Gasteiger partial charge in [0.2, 0.25) is 0 Å². The van der Waals surface area contributed by atoms with Crippen LogP contribution in [-0.2, 0) is 0 Å². The van der Waals surface area contributed by atoms with Crippen molar-refractivity contribution in [2.75, 3.05) is 4.90 Å². The van der Waals surface area contributed by atoms with Crippen molar-refractivity contribution in [3.8, 4) is 33.4 Å². The molecule has 9 aromatic rings. The first-order valence-corrected chi connectivity index (χ1v) is 16.2. The number of aromatic nitrogens is 1. The maximum Gasteiger partial charge on any atom is 0.137 e. The van der Waals surface area contributed by atoms with Crippen LogP contribution >= 0.6 is 0 Å². The molecule has 0 fully saturated rings. The minimum Gasteiger partial charge on any atom is -0.456 e. The first kappa shape index (κ1) is 27.8. The van der Waals surface area contributed by atoms with Crippen LogP contribution in [-0.4, -0.2) is 4.98 Å². The third kappa shape index (κ3) is 4.99. The summed E-state index contributed by atoms with van der Waals surface area (Å²) in [5.41, 5.74) is 12.0. The molecule has 2 heterocycles. The smallest absolute Gasteiger partial charge is 0.137 e. The van der Waals surface area contributed by atoms with Gasteiger partial charge in [-0.1, -0.05) is 115 Å². The van der Waals surface area contributed by atoms with Crippen LogP contribution in [0.3, 0.4) is 0 Å². The highest BCUT2D eigenvalue weighted by Crippen LogP contribution is 2.45. The van der Waals surface area contributed by atoms with E-state index in [9.17, 15) is 0 Å². The van der Waals surface area contributed by atoms with Gasteiger partial charge in [-0.3, -0.25) is 4.98 Å². The number of rotatable bonds is 6. The Bertz CT molecular complexity index is 2550. The third-order valence-electron chi connectivity index (χ3n) is 9.11. The number of benzene rings is 7. The number of fused-ring (bicyclic) bond motifs is 4. The fraction of sp³-hybridized carbons (Fsp3) is 0. The summed E-state index contributed by atoms with van der Waals surface area (Å²) in [4.78, 5) is 6.76. The van der Waals surface area contributed by atoms with Crippen LogP contribution < -0.4 is 4.90 Å². The molecule has 7 aromatic carbocycles. The van der Waals surface area contributed by atoms with E-state index in [0.717, 1.165) is 60.9 Å². The Balaban J connectivity index is 1.24. The lowest BCUT2D eigenvalue weighted by Gasteiger charge is -2.27. The number of hydrogen-bond acceptors (Lipinski definition) is 3. The Hall–Kier alpha value is -6.45. The molecule has 9 rings (SSSR count). The molecule has 0 bridgehead atoms. The predicted octanol–water partition coefficient (Wildman–Crippen LogP) is 12.6. The van der Waals surface area contributed by atoms with E-state index in [1.165, 1.54) is 22.3 Å². The lowest BCUT2D eigenvalue weighted by molar-refractivity contribution is 0.669. The molecule has 0 saturated carbocycles. The second kappa shape index (κ2) is 11.7. The van der Waals surface area contributed by atoms with Crippen molar-refractivity contribution < 1.29 is 4.42 Å². The molecule has 3 heteroatoms. The number of anilines is 3. The first-order chi connectivity index (χ1) is 23.8. The minimum absolute atomic E-state index is 0.850. The Morgan fingerprint density at radius 1 is 0.417 bits per heavy atom. The van der Waals surface area contributed by atoms with Crippen molar-refractivity contribution in [3.63, 3.8) is 0 Å². The Morgan fingerprint density at radius 2 is 0.979 bits per heavy atom. The molecule has 0 aliphatic rings. The van der Waals surface area contributed by atoms with Crippen LogP contribution in [0.2, 0.25) is 0 Å². The molecule has 0 aliphatic carbocycles. The van der Waals surface area contributed by atoms with E-state index >= 15 is 0 Å². The average molecular weight is 615 g/mol. The monoisotopic (exact) mass is 614 g/mol. The van der Waals surface area contributed by atoms with Crippen LogP contribution in [0.5, 0.6) is 0 Å². The van der Waals surface area contributed by atoms with Crippen molar-refractivity contribution in [2.45, 2.75) is 0 Å². The standard InChI is InChI=1S/C45H30N2O/c1-3-10-31(11-4-1)33-20-22-34(23-21-33)36-15-8-17-40(27-36)47(39-16-7-14-35(26-39)32-12-5-2-6-13-32)42-18-9-19-43-45(42)41-28-38-30-46-25-24-37(38)29-44(41)48-43/h1-30H. The molecular weight excluding hydrogens is 585 g/mol. The quantitative estimate of drug-likeness (QED) is 0.187. The third-order valence-corrected chi connectivity index (χ3v) is 9.11. The van der Waals surface area contributed by atoms with Crippen molar-refractivity contribution in [3.05, 3.63) is 182 Å². The molecule has 3 nitrogen and oxygen atoms in total. The number of hydrogen-bond donors (Lipinski definition) is 0. The number of furan rings is 1. The van der Waals surface area contributed by atoms with Gasteiger partial charge in [0.05, 0.1) is 11.1 Å². The zero-order valence-electron chi connectivity index (χ0n) is 26.1. The molecular formula is C45H30N2O. The van der Waals surface area contributed by atoms with Crippen molar-refractivity contribution in [2.24, 2.45) is 0 Å². The summed E-state index contributed by atoms with van der Waals surface area (Å²) in [5.74, 6) is 0. The van der Waals surface area contributed by atoms with E-state index in [0.29, 0.717) is 0 Å². The topological polar surface area (TPSA) is 29.3 Å². The molecule has 0 aliphatic heterocycles. The molecule has 0 N–H and O–H groups in total. The van der Waals surface area contributed by atoms with Gasteiger partial charge >= 0.3 is 0 Å². The van der Waals surface area contributed by atoms with Gasteiger partial charge in [-0.15, -0.1) is 0 Å². The van der Waals surface area contributed by atoms with Gasteiger partial charge in [0, 0.05) is 34.5 Å². The van der Waals surface area contributed by atoms with Gasteiger partial charge in [-0.2, -0.15) is 0 Å². The van der Waals surface area contributed by atoms with Crippen LogP contribution in [0.1, 0.15) is 0 Å². The molecule has 0 amide bonds. The van der Waals surface area contributed by atoms with Crippen LogP contribution in [0, 0.1) is 0 Å². The van der Waals surface area contributed by atoms with E-state index in [-0.39, 0.29) is 0 Å². The van der Waals surface area contributed by atoms with Crippen molar-refractivity contribution >= 4 is 49.8 Å². The molecule has 2 aromatic heterocycles. The zero-order chi connectivity index (χ0) is 31.9. The lowest BCUT2D eigenvalue weighted by Crippen LogP contribution is -2.10. The number of pyridine rings is 1. The van der Waals surface area contributed by atoms with Gasteiger partial charge in [0.15, 0.2) is 0 Å². The largest absolute Gasteiger partial charge is 0.456 e. The van der Waals surface area contributed by atoms with Crippen molar-refractivity contribution in [1.29, 1.82) is 0 Å². The number of nitrogens with zero attached hydrogens (tertiary/aromatic N) is 2. The SMILES string of the molecule is c1ccc(-c2ccc(-c3cccc(N(c4cccc(-c5ccccc5)c4)c4cccc5oc6cc7ccncc7cc6c45)c3)cc2)cc1. The van der Waals surface area contributed by atoms with Crippen LogP contribution in [0.4, 0.5) is 17.1 Å². The summed E-state index contributed by atoms with van der Waals surface area (Å²) in [6, 6.07) is 60.2. The Labute approximate surface area is 279 Å². The Morgan fingerprint density at radius 3 is 1.65 bits per heavy atom. The fourth-order valence-electron chi connectivity index (χ4n) is 6.77. The summed E-state index contributed by atoms with van der Waals surface area (Å²) in [7, 11) is 0. The van der Waals surface area contributed by atoms with Crippen LogP contribution in [0.15, 0.2) is 187 Å². The molecule has 0 radical (unpaired) electrons. The Kier molecular flexibility index (Phi) is 6.80. The summed E-state index contributed by atoms with van der Waals surface area (Å²) < 4.78 is 6.51. The van der Waals surface area contributed by atoms with E-state index in [4.69, 9.17) is 4.42 Å². The van der Waals surface area contributed by atoms with E-state index in [1.54, 1.807) is 0 Å². The first-order valence-electron chi connectivity index (χ1n) is 16.2. The minimum atomic E-state index is 0.850. The second-order valence-electron chi connectivity index (χ2n) is 12.1. The molecule has 0 spiro atoms. The molecule has 226 valence electrons. The fourth-order valence-corrected chi connectivity index (χ4v) is 6.77. The van der Waals surface area contributed by atoms with Gasteiger partial charge in [0.25, 0.3) is 0 Å². The van der Waals surface area contributed by atoms with Gasteiger partial charge in [-0.25, -0.2) is 0 Å². The average Bonchev–Trinajstić information content (AvgIpc) is 3.53. The second-order valence-corrected chi connectivity index (χ2v) is 12.1. The normalized spacial score (nSPS) is 11.3. The van der Waals surface area contributed by atoms with Crippen molar-refractivity contribution in [1.82, 2.24) is 4.98 Å². The van der Waals surface area contributed by atoms with Gasteiger partial charge in [0.1, 0.15) is 11.2 Å². The van der Waals surface area contributed by atoms with E-state index in [1.807, 2.05) is 18.5 Å². The summed E-state index contributed by atoms with van der Waals surface area (Å²) >= 11 is 0. The highest BCUT2D eigenvalue weighted by atomic mass is 16.3. The highest BCUT2D eigenvalue weighted by molar-refractivity contribution is 6.16. The molecule has 48 heavy (non-hydrogen) atoms. The predicted molar refractivity (Wildman–Crippen MR) is 200 cm³/mol. The molecule has 0 unspecified atom stereocenters. The van der Waals surface area contributed by atoms with E-state index < -0.39 is 0 Å². The van der Waals surface area contributed by atoms with Gasteiger partial charge in [-0.05, 0) is 93.4 Å². The highest BCUT2D eigenvalue weighted by Gasteiger charge is 2.20. The molecule has 0 atom stereocenters.